The van der Waals surface area contributed by atoms with Gasteiger partial charge in [0.05, 0.1) is 5.92 Å². The Bertz CT molecular complexity index is 671. The number of rotatable bonds is 4. The maximum absolute atomic E-state index is 13.0. The van der Waals surface area contributed by atoms with Crippen molar-refractivity contribution in [2.45, 2.75) is 45.4 Å². The number of hydrogen-bond donors (Lipinski definition) is 1. The zero-order valence-electron chi connectivity index (χ0n) is 14.0. The van der Waals surface area contributed by atoms with Crippen LogP contribution < -0.4 is 5.32 Å². The van der Waals surface area contributed by atoms with E-state index in [4.69, 9.17) is 0 Å². The largest absolute Gasteiger partial charge is 0.326 e. The van der Waals surface area contributed by atoms with Crippen molar-refractivity contribution in [2.24, 2.45) is 5.92 Å². The average Bonchev–Trinajstić information content (AvgIpc) is 3.06. The maximum Gasteiger partial charge on any atom is 0.232 e. The van der Waals surface area contributed by atoms with E-state index in [1.165, 1.54) is 24.0 Å². The predicted molar refractivity (Wildman–Crippen MR) is 95.7 cm³/mol. The van der Waals surface area contributed by atoms with Crippen LogP contribution in [0.4, 0.5) is 5.69 Å². The van der Waals surface area contributed by atoms with E-state index in [-0.39, 0.29) is 11.8 Å². The van der Waals surface area contributed by atoms with E-state index < -0.39 is 0 Å². The summed E-state index contributed by atoms with van der Waals surface area (Å²) in [5.74, 6) is 0.551. The van der Waals surface area contributed by atoms with Gasteiger partial charge in [-0.15, -0.1) is 0 Å². The first kappa shape index (κ1) is 15.8. The van der Waals surface area contributed by atoms with Crippen molar-refractivity contribution >= 4 is 11.6 Å². The van der Waals surface area contributed by atoms with Gasteiger partial charge in [0.25, 0.3) is 0 Å². The summed E-state index contributed by atoms with van der Waals surface area (Å²) in [4.78, 5) is 13.0. The van der Waals surface area contributed by atoms with Crippen molar-refractivity contribution < 1.29 is 4.79 Å². The fourth-order valence-corrected chi connectivity index (χ4v) is 3.63. The van der Waals surface area contributed by atoms with Gasteiger partial charge in [-0.25, -0.2) is 0 Å². The summed E-state index contributed by atoms with van der Waals surface area (Å²) < 4.78 is 0. The van der Waals surface area contributed by atoms with Crippen molar-refractivity contribution in [2.75, 3.05) is 5.32 Å². The third-order valence-electron chi connectivity index (χ3n) is 5.09. The molecule has 2 aromatic carbocycles. The number of anilines is 1. The van der Waals surface area contributed by atoms with Crippen LogP contribution in [0.3, 0.4) is 0 Å². The van der Waals surface area contributed by atoms with Crippen molar-refractivity contribution in [3.8, 4) is 0 Å². The lowest BCUT2D eigenvalue weighted by Gasteiger charge is -2.23. The maximum atomic E-state index is 13.0. The number of nitrogens with one attached hydrogen (secondary N) is 1. The van der Waals surface area contributed by atoms with Gasteiger partial charge in [-0.1, -0.05) is 49.2 Å². The van der Waals surface area contributed by atoms with Gasteiger partial charge >= 0.3 is 0 Å². The lowest BCUT2D eigenvalue weighted by atomic mass is 9.84. The molecular formula is C21H25NO. The lowest BCUT2D eigenvalue weighted by Crippen LogP contribution is -2.26. The van der Waals surface area contributed by atoms with E-state index in [1.54, 1.807) is 0 Å². The quantitative estimate of drug-likeness (QED) is 0.824. The van der Waals surface area contributed by atoms with Gasteiger partial charge < -0.3 is 5.32 Å². The minimum absolute atomic E-state index is 0.0414. The van der Waals surface area contributed by atoms with Gasteiger partial charge in [-0.2, -0.15) is 0 Å². The van der Waals surface area contributed by atoms with Crippen molar-refractivity contribution in [3.63, 3.8) is 0 Å². The first-order valence-corrected chi connectivity index (χ1v) is 8.58. The average molecular weight is 307 g/mol. The summed E-state index contributed by atoms with van der Waals surface area (Å²) in [7, 11) is 0. The molecule has 23 heavy (non-hydrogen) atoms. The van der Waals surface area contributed by atoms with E-state index >= 15 is 0 Å². The molecule has 1 N–H and O–H groups in total. The molecule has 2 nitrogen and oxygen atoms in total. The SMILES string of the molecule is Cc1ccc(NC(=O)C(c2ccccc2)C2CCCC2)cc1C. The molecule has 1 aliphatic rings. The Morgan fingerprint density at radius 1 is 1.00 bits per heavy atom. The Balaban J connectivity index is 1.83. The predicted octanol–water partition coefficient (Wildman–Crippen LogP) is 5.22. The van der Waals surface area contributed by atoms with Gasteiger partial charge in [-0.05, 0) is 61.4 Å². The topological polar surface area (TPSA) is 29.1 Å². The van der Waals surface area contributed by atoms with E-state index in [0.29, 0.717) is 5.92 Å². The van der Waals surface area contributed by atoms with Crippen LogP contribution >= 0.6 is 0 Å². The molecular weight excluding hydrogens is 282 g/mol. The van der Waals surface area contributed by atoms with Crippen LogP contribution in [0.5, 0.6) is 0 Å². The molecule has 1 aliphatic carbocycles. The molecule has 1 saturated carbocycles. The van der Waals surface area contributed by atoms with Gasteiger partial charge in [-0.3, -0.25) is 4.79 Å². The molecule has 1 amide bonds. The zero-order valence-corrected chi connectivity index (χ0v) is 14.0. The van der Waals surface area contributed by atoms with Crippen LogP contribution in [0.15, 0.2) is 48.5 Å². The molecule has 1 unspecified atom stereocenters. The van der Waals surface area contributed by atoms with Crippen LogP contribution in [0.25, 0.3) is 0 Å². The number of amides is 1. The molecule has 1 atom stereocenters. The standard InChI is InChI=1S/C21H25NO/c1-15-12-13-19(14-16(15)2)22-21(23)20(18-10-6-7-11-18)17-8-4-3-5-9-17/h3-5,8-9,12-14,18,20H,6-7,10-11H2,1-2H3,(H,22,23). The summed E-state index contributed by atoms with van der Waals surface area (Å²) in [5.41, 5.74) is 4.50. The molecule has 0 bridgehead atoms. The molecule has 0 aliphatic heterocycles. The highest BCUT2D eigenvalue weighted by atomic mass is 16.1. The molecule has 3 rings (SSSR count). The summed E-state index contributed by atoms with van der Waals surface area (Å²) in [6.07, 6.45) is 4.79. The van der Waals surface area contributed by atoms with Crippen molar-refractivity contribution in [1.82, 2.24) is 0 Å². The van der Waals surface area contributed by atoms with E-state index in [1.807, 2.05) is 24.3 Å². The third-order valence-corrected chi connectivity index (χ3v) is 5.09. The van der Waals surface area contributed by atoms with E-state index in [9.17, 15) is 4.79 Å². The molecule has 0 radical (unpaired) electrons. The Kier molecular flexibility index (Phi) is 4.80. The van der Waals surface area contributed by atoms with Crippen LogP contribution in [-0.2, 0) is 4.79 Å². The molecule has 2 heteroatoms. The minimum Gasteiger partial charge on any atom is -0.326 e. The molecule has 0 saturated heterocycles. The smallest absolute Gasteiger partial charge is 0.232 e. The Morgan fingerprint density at radius 3 is 2.35 bits per heavy atom. The second-order valence-electron chi connectivity index (χ2n) is 6.72. The Hall–Kier alpha value is -2.09. The number of benzene rings is 2. The second-order valence-corrected chi connectivity index (χ2v) is 6.72. The van der Waals surface area contributed by atoms with Gasteiger partial charge in [0.2, 0.25) is 5.91 Å². The summed E-state index contributed by atoms with van der Waals surface area (Å²) in [6.45, 7) is 4.17. The summed E-state index contributed by atoms with van der Waals surface area (Å²) in [6, 6.07) is 16.4. The normalized spacial score (nSPS) is 16.3. The van der Waals surface area contributed by atoms with Crippen LogP contribution in [0.1, 0.15) is 48.3 Å². The van der Waals surface area contributed by atoms with Crippen molar-refractivity contribution in [3.05, 3.63) is 65.2 Å². The van der Waals surface area contributed by atoms with Gasteiger partial charge in [0.15, 0.2) is 0 Å². The van der Waals surface area contributed by atoms with Crippen LogP contribution in [-0.4, -0.2) is 5.91 Å². The first-order valence-electron chi connectivity index (χ1n) is 8.58. The fraction of sp³-hybridized carbons (Fsp3) is 0.381. The van der Waals surface area contributed by atoms with Crippen LogP contribution in [0.2, 0.25) is 0 Å². The minimum atomic E-state index is -0.0414. The molecule has 0 spiro atoms. The molecule has 1 fully saturated rings. The highest BCUT2D eigenvalue weighted by Gasteiger charge is 2.31. The number of carbonyl (C=O) groups is 1. The molecule has 0 heterocycles. The van der Waals surface area contributed by atoms with Crippen molar-refractivity contribution in [1.29, 1.82) is 0 Å². The van der Waals surface area contributed by atoms with E-state index in [0.717, 1.165) is 24.1 Å². The highest BCUT2D eigenvalue weighted by molar-refractivity contribution is 5.96. The van der Waals surface area contributed by atoms with Gasteiger partial charge in [0, 0.05) is 5.69 Å². The Labute approximate surface area is 138 Å². The first-order chi connectivity index (χ1) is 11.1. The summed E-state index contributed by atoms with van der Waals surface area (Å²) >= 11 is 0. The number of carbonyl (C=O) groups excluding carboxylic acids is 1. The fourth-order valence-electron chi connectivity index (χ4n) is 3.63. The number of hydrogen-bond acceptors (Lipinski definition) is 1. The van der Waals surface area contributed by atoms with Crippen LogP contribution in [0, 0.1) is 19.8 Å². The zero-order chi connectivity index (χ0) is 16.2. The second kappa shape index (κ2) is 6.99. The van der Waals surface area contributed by atoms with Gasteiger partial charge in [0.1, 0.15) is 0 Å². The Morgan fingerprint density at radius 2 is 1.70 bits per heavy atom. The highest BCUT2D eigenvalue weighted by Crippen LogP contribution is 2.38. The third kappa shape index (κ3) is 3.64. The molecule has 120 valence electrons. The monoisotopic (exact) mass is 307 g/mol. The number of aryl methyl sites for hydroxylation is 2. The lowest BCUT2D eigenvalue weighted by molar-refractivity contribution is -0.118. The molecule has 0 aromatic heterocycles. The molecule has 2 aromatic rings. The summed E-state index contributed by atoms with van der Waals surface area (Å²) in [5, 5.41) is 3.15. The van der Waals surface area contributed by atoms with E-state index in [2.05, 4.69) is 43.4 Å².